The van der Waals surface area contributed by atoms with E-state index in [9.17, 15) is 0 Å². The predicted octanol–water partition coefficient (Wildman–Crippen LogP) is 13.5. The SMILES string of the molecule is CC1(C)CCC(C)(C)c2cc3c(cc21)c1ccccc1n3-c1cccc(-c2nc(-c3ccc4c(c3)-c3ccccc3C4(C)C)c3c(n2)oc2ccccc23)c1. The smallest absolute Gasteiger partial charge is 0.231 e. The molecule has 9 aromatic rings. The van der Waals surface area contributed by atoms with E-state index in [4.69, 9.17) is 14.4 Å². The summed E-state index contributed by atoms with van der Waals surface area (Å²) in [6.07, 6.45) is 2.36. The lowest BCUT2D eigenvalue weighted by Crippen LogP contribution is -2.33. The van der Waals surface area contributed by atoms with Crippen LogP contribution in [0.3, 0.4) is 0 Å². The van der Waals surface area contributed by atoms with E-state index in [0.29, 0.717) is 11.5 Å². The number of para-hydroxylation sites is 2. The fourth-order valence-electron chi connectivity index (χ4n) is 9.92. The van der Waals surface area contributed by atoms with Crippen molar-refractivity contribution in [3.8, 4) is 39.5 Å². The zero-order chi connectivity index (χ0) is 37.4. The van der Waals surface area contributed by atoms with E-state index < -0.39 is 0 Å². The molecule has 3 aromatic heterocycles. The monoisotopic (exact) mass is 713 g/mol. The topological polar surface area (TPSA) is 43.9 Å². The second-order valence-electron chi connectivity index (χ2n) is 17.7. The molecule has 0 atom stereocenters. The van der Waals surface area contributed by atoms with Gasteiger partial charge in [-0.3, -0.25) is 0 Å². The van der Waals surface area contributed by atoms with E-state index in [0.717, 1.165) is 38.9 Å². The van der Waals surface area contributed by atoms with E-state index in [-0.39, 0.29) is 16.2 Å². The van der Waals surface area contributed by atoms with Crippen LogP contribution in [0.25, 0.3) is 83.3 Å². The van der Waals surface area contributed by atoms with Crippen LogP contribution in [0.1, 0.15) is 76.6 Å². The fraction of sp³-hybridized carbons (Fsp3) is 0.216. The van der Waals surface area contributed by atoms with Gasteiger partial charge in [-0.25, -0.2) is 4.98 Å². The Morgan fingerprint density at radius 2 is 1.24 bits per heavy atom. The van der Waals surface area contributed by atoms with Crippen molar-refractivity contribution >= 4 is 43.9 Å². The number of benzene rings is 6. The van der Waals surface area contributed by atoms with Gasteiger partial charge in [0.1, 0.15) is 5.58 Å². The van der Waals surface area contributed by atoms with Crippen molar-refractivity contribution in [1.29, 1.82) is 0 Å². The molecule has 0 fully saturated rings. The average Bonchev–Trinajstić information content (AvgIpc) is 3.81. The van der Waals surface area contributed by atoms with Crippen LogP contribution < -0.4 is 0 Å². The van der Waals surface area contributed by atoms with Crippen molar-refractivity contribution in [2.75, 3.05) is 0 Å². The average molecular weight is 714 g/mol. The van der Waals surface area contributed by atoms with E-state index in [1.807, 2.05) is 12.1 Å². The van der Waals surface area contributed by atoms with Crippen molar-refractivity contribution in [2.24, 2.45) is 0 Å². The summed E-state index contributed by atoms with van der Waals surface area (Å²) in [6, 6.07) is 46.4. The van der Waals surface area contributed by atoms with Crippen molar-refractivity contribution in [3.05, 3.63) is 150 Å². The summed E-state index contributed by atoms with van der Waals surface area (Å²) >= 11 is 0. The quantitative estimate of drug-likeness (QED) is 0.183. The van der Waals surface area contributed by atoms with Gasteiger partial charge in [-0.1, -0.05) is 126 Å². The normalized spacial score (nSPS) is 16.5. The molecule has 2 aliphatic carbocycles. The Balaban J connectivity index is 1.13. The maximum Gasteiger partial charge on any atom is 0.231 e. The Labute approximate surface area is 321 Å². The summed E-state index contributed by atoms with van der Waals surface area (Å²) in [6.45, 7) is 14.3. The summed E-state index contributed by atoms with van der Waals surface area (Å²) in [5, 5.41) is 4.54. The second kappa shape index (κ2) is 11.0. The third kappa shape index (κ3) is 4.57. The van der Waals surface area contributed by atoms with Crippen LogP contribution in [-0.4, -0.2) is 14.5 Å². The second-order valence-corrected chi connectivity index (χ2v) is 17.7. The molecule has 0 radical (unpaired) electrons. The van der Waals surface area contributed by atoms with Crippen LogP contribution in [0.4, 0.5) is 0 Å². The van der Waals surface area contributed by atoms with Crippen LogP contribution in [0.2, 0.25) is 0 Å². The Kier molecular flexibility index (Phi) is 6.51. The molecule has 55 heavy (non-hydrogen) atoms. The molecule has 11 rings (SSSR count). The van der Waals surface area contributed by atoms with Crippen LogP contribution in [0.15, 0.2) is 132 Å². The van der Waals surface area contributed by atoms with Gasteiger partial charge in [0.15, 0.2) is 5.82 Å². The number of furan rings is 1. The van der Waals surface area contributed by atoms with Gasteiger partial charge in [0.2, 0.25) is 5.71 Å². The van der Waals surface area contributed by atoms with Crippen molar-refractivity contribution in [3.63, 3.8) is 0 Å². The maximum absolute atomic E-state index is 6.51. The van der Waals surface area contributed by atoms with Gasteiger partial charge >= 0.3 is 0 Å². The molecular formula is C51H43N3O. The van der Waals surface area contributed by atoms with Crippen LogP contribution >= 0.6 is 0 Å². The lowest BCUT2D eigenvalue weighted by Gasteiger charge is -2.42. The minimum atomic E-state index is -0.0720. The highest BCUT2D eigenvalue weighted by Crippen LogP contribution is 2.51. The Morgan fingerprint density at radius 1 is 0.527 bits per heavy atom. The molecule has 268 valence electrons. The van der Waals surface area contributed by atoms with Crippen molar-refractivity contribution in [1.82, 2.24) is 14.5 Å². The lowest BCUT2D eigenvalue weighted by molar-refractivity contribution is 0.332. The molecule has 0 spiro atoms. The summed E-state index contributed by atoms with van der Waals surface area (Å²) in [5.74, 6) is 0.644. The van der Waals surface area contributed by atoms with Gasteiger partial charge < -0.3 is 8.98 Å². The third-order valence-corrected chi connectivity index (χ3v) is 13.1. The molecular weight excluding hydrogens is 671 g/mol. The molecule has 4 nitrogen and oxygen atoms in total. The molecule has 3 heterocycles. The van der Waals surface area contributed by atoms with E-state index >= 15 is 0 Å². The Morgan fingerprint density at radius 3 is 2.07 bits per heavy atom. The molecule has 0 saturated heterocycles. The minimum absolute atomic E-state index is 0.0720. The van der Waals surface area contributed by atoms with E-state index in [1.54, 1.807) is 0 Å². The summed E-state index contributed by atoms with van der Waals surface area (Å²) < 4.78 is 8.95. The van der Waals surface area contributed by atoms with E-state index in [2.05, 4.69) is 161 Å². The number of aromatic nitrogens is 3. The minimum Gasteiger partial charge on any atom is -0.438 e. The zero-order valence-electron chi connectivity index (χ0n) is 32.3. The first-order chi connectivity index (χ1) is 26.5. The Bertz CT molecular complexity index is 3080. The van der Waals surface area contributed by atoms with E-state index in [1.165, 1.54) is 68.0 Å². The number of rotatable bonds is 3. The summed E-state index contributed by atoms with van der Waals surface area (Å²) in [4.78, 5) is 10.6. The van der Waals surface area contributed by atoms with Gasteiger partial charge in [-0.05, 0) is 99.5 Å². The summed E-state index contributed by atoms with van der Waals surface area (Å²) in [7, 11) is 0. The lowest BCUT2D eigenvalue weighted by atomic mass is 9.63. The molecule has 6 aromatic carbocycles. The first-order valence-electron chi connectivity index (χ1n) is 19.6. The molecule has 0 bridgehead atoms. The van der Waals surface area contributed by atoms with Gasteiger partial charge in [-0.2, -0.15) is 4.98 Å². The predicted molar refractivity (Wildman–Crippen MR) is 227 cm³/mol. The van der Waals surface area contributed by atoms with Gasteiger partial charge in [0, 0.05) is 38.4 Å². The summed E-state index contributed by atoms with van der Waals surface area (Å²) in [5.41, 5.74) is 16.2. The highest BCUT2D eigenvalue weighted by atomic mass is 16.3. The largest absolute Gasteiger partial charge is 0.438 e. The van der Waals surface area contributed by atoms with Gasteiger partial charge in [0.25, 0.3) is 0 Å². The first-order valence-corrected chi connectivity index (χ1v) is 19.6. The van der Waals surface area contributed by atoms with Crippen LogP contribution in [0, 0.1) is 0 Å². The molecule has 0 N–H and O–H groups in total. The standard InChI is InChI=1S/C51H43N3O/c1-49(2)24-25-50(3,4)41-29-43-37(28-40(41)49)34-17-8-11-20-42(34)54(43)32-15-13-14-31(26-32)47-52-46(45-35-18-9-12-21-44(35)55-48(45)53-47)30-22-23-39-36(27-30)33-16-7-10-19-38(33)51(39,5)6/h7-23,26-29H,24-25H2,1-6H3. The van der Waals surface area contributed by atoms with Crippen molar-refractivity contribution in [2.45, 2.75) is 70.6 Å². The number of hydrogen-bond donors (Lipinski definition) is 0. The molecule has 4 heteroatoms. The number of nitrogens with zero attached hydrogens (tertiary/aromatic N) is 3. The Hall–Kier alpha value is -6.00. The van der Waals surface area contributed by atoms with Crippen LogP contribution in [0.5, 0.6) is 0 Å². The fourth-order valence-corrected chi connectivity index (χ4v) is 9.92. The van der Waals surface area contributed by atoms with Crippen LogP contribution in [-0.2, 0) is 16.2 Å². The molecule has 0 saturated carbocycles. The number of fused-ring (bicyclic) bond motifs is 10. The van der Waals surface area contributed by atoms with Gasteiger partial charge in [-0.15, -0.1) is 0 Å². The third-order valence-electron chi connectivity index (χ3n) is 13.1. The molecule has 2 aliphatic rings. The van der Waals surface area contributed by atoms with Gasteiger partial charge in [0.05, 0.1) is 22.1 Å². The number of hydrogen-bond acceptors (Lipinski definition) is 3. The highest BCUT2D eigenvalue weighted by molar-refractivity contribution is 6.12. The highest BCUT2D eigenvalue weighted by Gasteiger charge is 2.38. The first kappa shape index (κ1) is 32.4. The molecule has 0 unspecified atom stereocenters. The maximum atomic E-state index is 6.51. The van der Waals surface area contributed by atoms with Crippen molar-refractivity contribution < 1.29 is 4.42 Å². The zero-order valence-corrected chi connectivity index (χ0v) is 32.3. The molecule has 0 amide bonds. The molecule has 0 aliphatic heterocycles.